The molecule has 1 aromatic rings. The molecule has 0 aromatic carbocycles. The molecule has 1 N–H and O–H groups in total. The van der Waals surface area contributed by atoms with Crippen molar-refractivity contribution in [2.45, 2.75) is 44.4 Å². The Balaban J connectivity index is 1.94. The number of ether oxygens (including phenoxy) is 1. The summed E-state index contributed by atoms with van der Waals surface area (Å²) in [6.45, 7) is 2.19. The van der Waals surface area contributed by atoms with E-state index in [1.165, 1.54) is 24.1 Å². The maximum atomic E-state index is 5.94. The predicted octanol–water partition coefficient (Wildman–Crippen LogP) is 3.62. The summed E-state index contributed by atoms with van der Waals surface area (Å²) >= 11 is 7.59. The highest BCUT2D eigenvalue weighted by molar-refractivity contribution is 7.16. The molecule has 1 saturated carbocycles. The van der Waals surface area contributed by atoms with E-state index in [9.17, 15) is 0 Å². The summed E-state index contributed by atoms with van der Waals surface area (Å²) in [7, 11) is 1.80. The summed E-state index contributed by atoms with van der Waals surface area (Å²) in [4.78, 5) is 1.30. The third-order valence-electron chi connectivity index (χ3n) is 3.24. The van der Waals surface area contributed by atoms with Gasteiger partial charge in [0.15, 0.2) is 0 Å². The third kappa shape index (κ3) is 2.77. The van der Waals surface area contributed by atoms with Gasteiger partial charge in [0.2, 0.25) is 0 Å². The molecule has 0 amide bonds. The molecule has 16 heavy (non-hydrogen) atoms. The highest BCUT2D eigenvalue weighted by Gasteiger charge is 2.28. The zero-order valence-electron chi connectivity index (χ0n) is 9.70. The zero-order chi connectivity index (χ0) is 11.5. The number of thiophene rings is 1. The van der Waals surface area contributed by atoms with Gasteiger partial charge in [-0.2, -0.15) is 0 Å². The van der Waals surface area contributed by atoms with E-state index in [1.54, 1.807) is 18.4 Å². The van der Waals surface area contributed by atoms with E-state index in [2.05, 4.69) is 18.3 Å². The number of hydrogen-bond acceptors (Lipinski definition) is 3. The lowest BCUT2D eigenvalue weighted by Crippen LogP contribution is -2.38. The Hall–Kier alpha value is -0.0900. The quantitative estimate of drug-likeness (QED) is 0.892. The Bertz CT molecular complexity index is 342. The lowest BCUT2D eigenvalue weighted by atomic mass is 10.1. The van der Waals surface area contributed by atoms with Crippen LogP contribution in [0.4, 0.5) is 0 Å². The third-order valence-corrected chi connectivity index (χ3v) is 4.65. The molecule has 3 unspecified atom stereocenters. The Morgan fingerprint density at radius 3 is 2.94 bits per heavy atom. The second kappa shape index (κ2) is 5.50. The Labute approximate surface area is 106 Å². The van der Waals surface area contributed by atoms with Crippen LogP contribution in [0, 0.1) is 0 Å². The van der Waals surface area contributed by atoms with Gasteiger partial charge in [-0.05, 0) is 38.3 Å². The van der Waals surface area contributed by atoms with Crippen LogP contribution in [0.2, 0.25) is 4.34 Å². The normalized spacial score (nSPS) is 27.2. The maximum Gasteiger partial charge on any atom is 0.0931 e. The van der Waals surface area contributed by atoms with Gasteiger partial charge >= 0.3 is 0 Å². The van der Waals surface area contributed by atoms with E-state index in [-0.39, 0.29) is 0 Å². The second-order valence-corrected chi connectivity index (χ2v) is 6.09. The first-order valence-electron chi connectivity index (χ1n) is 5.75. The molecule has 0 radical (unpaired) electrons. The molecule has 0 spiro atoms. The van der Waals surface area contributed by atoms with Crippen LogP contribution in [0.3, 0.4) is 0 Å². The molecule has 1 aliphatic rings. The van der Waals surface area contributed by atoms with Crippen molar-refractivity contribution in [2.75, 3.05) is 7.11 Å². The predicted molar refractivity (Wildman–Crippen MR) is 69.3 cm³/mol. The minimum atomic E-state index is 0.359. The molecule has 4 heteroatoms. The summed E-state index contributed by atoms with van der Waals surface area (Å²) in [5, 5.41) is 3.64. The fourth-order valence-electron chi connectivity index (χ4n) is 2.36. The van der Waals surface area contributed by atoms with Gasteiger partial charge in [-0.3, -0.25) is 0 Å². The summed E-state index contributed by atoms with van der Waals surface area (Å²) in [5.74, 6) is 0. The van der Waals surface area contributed by atoms with Crippen LogP contribution in [0.25, 0.3) is 0 Å². The van der Waals surface area contributed by atoms with Crippen LogP contribution in [0.1, 0.15) is 37.1 Å². The molecule has 2 rings (SSSR count). The maximum absolute atomic E-state index is 5.94. The van der Waals surface area contributed by atoms with Crippen molar-refractivity contribution in [2.24, 2.45) is 0 Å². The highest BCUT2D eigenvalue weighted by atomic mass is 35.5. The van der Waals surface area contributed by atoms with Gasteiger partial charge in [-0.15, -0.1) is 11.3 Å². The Kier molecular flexibility index (Phi) is 4.25. The largest absolute Gasteiger partial charge is 0.380 e. The van der Waals surface area contributed by atoms with E-state index in [1.807, 2.05) is 6.07 Å². The first-order chi connectivity index (χ1) is 7.70. The van der Waals surface area contributed by atoms with Crippen molar-refractivity contribution in [1.82, 2.24) is 5.32 Å². The fraction of sp³-hybridized carbons (Fsp3) is 0.667. The van der Waals surface area contributed by atoms with Crippen molar-refractivity contribution in [3.8, 4) is 0 Å². The number of hydrogen-bond donors (Lipinski definition) is 1. The molecule has 0 saturated heterocycles. The van der Waals surface area contributed by atoms with Crippen molar-refractivity contribution in [3.63, 3.8) is 0 Å². The number of nitrogens with one attached hydrogen (secondary N) is 1. The number of methoxy groups -OCH3 is 1. The minimum Gasteiger partial charge on any atom is -0.380 e. The molecule has 0 bridgehead atoms. The van der Waals surface area contributed by atoms with Crippen molar-refractivity contribution < 1.29 is 4.74 Å². The van der Waals surface area contributed by atoms with Crippen LogP contribution in [-0.4, -0.2) is 19.3 Å². The van der Waals surface area contributed by atoms with Crippen LogP contribution < -0.4 is 5.32 Å². The first-order valence-corrected chi connectivity index (χ1v) is 6.94. The Morgan fingerprint density at radius 1 is 1.50 bits per heavy atom. The SMILES string of the molecule is COC1CCCC1NC(C)c1ccc(Cl)s1. The molecule has 1 fully saturated rings. The molecule has 90 valence electrons. The molecule has 1 aromatic heterocycles. The van der Waals surface area contributed by atoms with E-state index in [0.717, 1.165) is 4.34 Å². The standard InChI is InChI=1S/C12H18ClNOS/c1-8(11-6-7-12(13)16-11)14-9-4-3-5-10(9)15-2/h6-10,14H,3-5H2,1-2H3. The molecule has 0 aliphatic heterocycles. The molecular weight excluding hydrogens is 242 g/mol. The summed E-state index contributed by atoms with van der Waals surface area (Å²) in [6, 6.07) is 4.91. The molecule has 2 nitrogen and oxygen atoms in total. The van der Waals surface area contributed by atoms with Gasteiger partial charge in [0.1, 0.15) is 0 Å². The van der Waals surface area contributed by atoms with Gasteiger partial charge in [-0.25, -0.2) is 0 Å². The smallest absolute Gasteiger partial charge is 0.0931 e. The Morgan fingerprint density at radius 2 is 2.31 bits per heavy atom. The topological polar surface area (TPSA) is 21.3 Å². The molecular formula is C12H18ClNOS. The molecule has 1 aliphatic carbocycles. The second-order valence-electron chi connectivity index (χ2n) is 4.34. The van der Waals surface area contributed by atoms with Crippen LogP contribution >= 0.6 is 22.9 Å². The van der Waals surface area contributed by atoms with E-state index in [4.69, 9.17) is 16.3 Å². The number of halogens is 1. The average Bonchev–Trinajstić information content (AvgIpc) is 2.86. The van der Waals surface area contributed by atoms with E-state index in [0.29, 0.717) is 18.2 Å². The van der Waals surface area contributed by atoms with Gasteiger partial charge in [0.05, 0.1) is 10.4 Å². The highest BCUT2D eigenvalue weighted by Crippen LogP contribution is 2.29. The van der Waals surface area contributed by atoms with Crippen LogP contribution in [-0.2, 0) is 4.74 Å². The first kappa shape index (κ1) is 12.4. The van der Waals surface area contributed by atoms with Crippen molar-refractivity contribution in [1.29, 1.82) is 0 Å². The molecule has 1 heterocycles. The van der Waals surface area contributed by atoms with Gasteiger partial charge in [-0.1, -0.05) is 11.6 Å². The van der Waals surface area contributed by atoms with E-state index < -0.39 is 0 Å². The van der Waals surface area contributed by atoms with Gasteiger partial charge in [0, 0.05) is 24.1 Å². The summed E-state index contributed by atoms with van der Waals surface area (Å²) in [6.07, 6.45) is 4.01. The summed E-state index contributed by atoms with van der Waals surface area (Å²) < 4.78 is 6.34. The molecule has 3 atom stereocenters. The lowest BCUT2D eigenvalue weighted by Gasteiger charge is -2.23. The van der Waals surface area contributed by atoms with E-state index >= 15 is 0 Å². The van der Waals surface area contributed by atoms with Crippen molar-refractivity contribution >= 4 is 22.9 Å². The van der Waals surface area contributed by atoms with Gasteiger partial charge < -0.3 is 10.1 Å². The van der Waals surface area contributed by atoms with Crippen LogP contribution in [0.5, 0.6) is 0 Å². The minimum absolute atomic E-state index is 0.359. The number of rotatable bonds is 4. The summed E-state index contributed by atoms with van der Waals surface area (Å²) in [5.41, 5.74) is 0. The monoisotopic (exact) mass is 259 g/mol. The van der Waals surface area contributed by atoms with Crippen LogP contribution in [0.15, 0.2) is 12.1 Å². The lowest BCUT2D eigenvalue weighted by molar-refractivity contribution is 0.0821. The fourth-order valence-corrected chi connectivity index (χ4v) is 3.44. The average molecular weight is 260 g/mol. The zero-order valence-corrected chi connectivity index (χ0v) is 11.3. The van der Waals surface area contributed by atoms with Crippen molar-refractivity contribution in [3.05, 3.63) is 21.3 Å². The van der Waals surface area contributed by atoms with Gasteiger partial charge in [0.25, 0.3) is 0 Å².